The van der Waals surface area contributed by atoms with E-state index in [0.717, 1.165) is 48.9 Å². The SMILES string of the molecule is Clc1ccc(C[C@H]2COc3ccccc3N2C2CCN(c3ccccn3)CC2)cc1. The zero-order valence-corrected chi connectivity index (χ0v) is 17.7. The summed E-state index contributed by atoms with van der Waals surface area (Å²) in [5, 5.41) is 0.780. The Bertz CT molecular complexity index is 971. The third-order valence-electron chi connectivity index (χ3n) is 6.18. The lowest BCUT2D eigenvalue weighted by molar-refractivity contribution is 0.244. The minimum absolute atomic E-state index is 0.312. The predicted octanol–water partition coefficient (Wildman–Crippen LogP) is 5.21. The molecule has 1 fully saturated rings. The molecule has 3 heterocycles. The van der Waals surface area contributed by atoms with Gasteiger partial charge in [0.15, 0.2) is 0 Å². The van der Waals surface area contributed by atoms with Gasteiger partial charge in [0, 0.05) is 30.4 Å². The maximum absolute atomic E-state index is 6.16. The van der Waals surface area contributed by atoms with Crippen molar-refractivity contribution in [2.45, 2.75) is 31.3 Å². The molecule has 1 atom stereocenters. The Balaban J connectivity index is 1.37. The zero-order valence-electron chi connectivity index (χ0n) is 17.0. The van der Waals surface area contributed by atoms with Crippen LogP contribution in [0.25, 0.3) is 0 Å². The molecule has 0 spiro atoms. The number of benzene rings is 2. The maximum Gasteiger partial charge on any atom is 0.142 e. The largest absolute Gasteiger partial charge is 0.489 e. The summed E-state index contributed by atoms with van der Waals surface area (Å²) >= 11 is 6.09. The molecule has 154 valence electrons. The molecule has 2 aromatic carbocycles. The number of nitrogens with zero attached hydrogens (tertiary/aromatic N) is 3. The molecule has 0 bridgehead atoms. The summed E-state index contributed by atoms with van der Waals surface area (Å²) in [7, 11) is 0. The Hall–Kier alpha value is -2.72. The second-order valence-corrected chi connectivity index (χ2v) is 8.51. The number of rotatable bonds is 4. The number of ether oxygens (including phenoxy) is 1. The van der Waals surface area contributed by atoms with Crippen LogP contribution in [0.15, 0.2) is 72.9 Å². The normalized spacial score (nSPS) is 19.3. The van der Waals surface area contributed by atoms with Crippen LogP contribution >= 0.6 is 11.6 Å². The summed E-state index contributed by atoms with van der Waals surface area (Å²) < 4.78 is 6.16. The first-order valence-electron chi connectivity index (χ1n) is 10.7. The Morgan fingerprint density at radius 3 is 2.47 bits per heavy atom. The van der Waals surface area contributed by atoms with Gasteiger partial charge in [-0.2, -0.15) is 0 Å². The Labute approximate surface area is 183 Å². The van der Waals surface area contributed by atoms with Crippen molar-refractivity contribution < 1.29 is 4.74 Å². The van der Waals surface area contributed by atoms with Crippen LogP contribution in [0.5, 0.6) is 5.75 Å². The summed E-state index contributed by atoms with van der Waals surface area (Å²) in [6.07, 6.45) is 5.05. The van der Waals surface area contributed by atoms with Crippen molar-refractivity contribution in [2.24, 2.45) is 0 Å². The van der Waals surface area contributed by atoms with Crippen LogP contribution in [0.2, 0.25) is 5.02 Å². The Morgan fingerprint density at radius 2 is 1.70 bits per heavy atom. The highest BCUT2D eigenvalue weighted by molar-refractivity contribution is 6.30. The monoisotopic (exact) mass is 419 g/mol. The van der Waals surface area contributed by atoms with Gasteiger partial charge in [0.2, 0.25) is 0 Å². The van der Waals surface area contributed by atoms with Gasteiger partial charge in [-0.3, -0.25) is 0 Å². The minimum Gasteiger partial charge on any atom is -0.489 e. The Kier molecular flexibility index (Phi) is 5.50. The molecule has 0 unspecified atom stereocenters. The van der Waals surface area contributed by atoms with Gasteiger partial charge in [-0.15, -0.1) is 0 Å². The van der Waals surface area contributed by atoms with E-state index in [0.29, 0.717) is 18.7 Å². The minimum atomic E-state index is 0.312. The second-order valence-electron chi connectivity index (χ2n) is 8.08. The van der Waals surface area contributed by atoms with Gasteiger partial charge in [0.05, 0.1) is 11.7 Å². The van der Waals surface area contributed by atoms with Crippen molar-refractivity contribution in [3.8, 4) is 5.75 Å². The number of hydrogen-bond acceptors (Lipinski definition) is 4. The smallest absolute Gasteiger partial charge is 0.142 e. The molecule has 0 aliphatic carbocycles. The number of halogens is 1. The van der Waals surface area contributed by atoms with Crippen molar-refractivity contribution in [3.63, 3.8) is 0 Å². The van der Waals surface area contributed by atoms with Crippen LogP contribution in [-0.4, -0.2) is 36.8 Å². The standard InChI is InChI=1S/C25H26ClN3O/c26-20-10-8-19(9-11-20)17-22-18-30-24-6-2-1-5-23(24)29(22)21-12-15-28(16-13-21)25-7-3-4-14-27-25/h1-11,14,21-22H,12-13,15-18H2/t22-/m0/s1. The van der Waals surface area contributed by atoms with E-state index in [4.69, 9.17) is 16.3 Å². The summed E-state index contributed by atoms with van der Waals surface area (Å²) in [5.41, 5.74) is 2.52. The number of fused-ring (bicyclic) bond motifs is 1. The van der Waals surface area contributed by atoms with E-state index >= 15 is 0 Å². The number of aromatic nitrogens is 1. The van der Waals surface area contributed by atoms with Crippen LogP contribution in [0.3, 0.4) is 0 Å². The molecule has 5 heteroatoms. The van der Waals surface area contributed by atoms with Crippen molar-refractivity contribution in [1.82, 2.24) is 4.98 Å². The fourth-order valence-electron chi connectivity index (χ4n) is 4.71. The molecule has 0 N–H and O–H groups in total. The highest BCUT2D eigenvalue weighted by Gasteiger charge is 2.34. The molecule has 4 nitrogen and oxygen atoms in total. The molecule has 30 heavy (non-hydrogen) atoms. The van der Waals surface area contributed by atoms with Crippen LogP contribution in [0.1, 0.15) is 18.4 Å². The maximum atomic E-state index is 6.16. The average molecular weight is 420 g/mol. The third-order valence-corrected chi connectivity index (χ3v) is 6.44. The molecule has 0 radical (unpaired) electrons. The van der Waals surface area contributed by atoms with Crippen LogP contribution in [-0.2, 0) is 6.42 Å². The van der Waals surface area contributed by atoms with Gasteiger partial charge < -0.3 is 14.5 Å². The highest BCUT2D eigenvalue weighted by atomic mass is 35.5. The second kappa shape index (κ2) is 8.57. The lowest BCUT2D eigenvalue weighted by Crippen LogP contribution is -2.53. The summed E-state index contributed by atoms with van der Waals surface area (Å²) in [6, 6.07) is 23.6. The average Bonchev–Trinajstić information content (AvgIpc) is 2.81. The summed E-state index contributed by atoms with van der Waals surface area (Å²) in [6.45, 7) is 2.75. The highest BCUT2D eigenvalue weighted by Crippen LogP contribution is 2.38. The third kappa shape index (κ3) is 3.97. The van der Waals surface area contributed by atoms with E-state index in [1.54, 1.807) is 0 Å². The summed E-state index contributed by atoms with van der Waals surface area (Å²) in [5.74, 6) is 2.08. The molecule has 2 aliphatic heterocycles. The number of para-hydroxylation sites is 2. The van der Waals surface area contributed by atoms with E-state index in [9.17, 15) is 0 Å². The van der Waals surface area contributed by atoms with E-state index < -0.39 is 0 Å². The molecule has 2 aliphatic rings. The van der Waals surface area contributed by atoms with Crippen molar-refractivity contribution in [3.05, 3.63) is 83.5 Å². The van der Waals surface area contributed by atoms with Gasteiger partial charge in [-0.05, 0) is 61.2 Å². The lowest BCUT2D eigenvalue weighted by Gasteiger charge is -2.46. The molecular weight excluding hydrogens is 394 g/mol. The van der Waals surface area contributed by atoms with Crippen LogP contribution in [0.4, 0.5) is 11.5 Å². The fraction of sp³-hybridized carbons (Fsp3) is 0.320. The van der Waals surface area contributed by atoms with E-state index in [-0.39, 0.29) is 0 Å². The van der Waals surface area contributed by atoms with E-state index in [1.165, 1.54) is 11.3 Å². The fourth-order valence-corrected chi connectivity index (χ4v) is 4.84. The van der Waals surface area contributed by atoms with E-state index in [1.807, 2.05) is 24.4 Å². The van der Waals surface area contributed by atoms with Gasteiger partial charge in [-0.1, -0.05) is 41.9 Å². The number of pyridine rings is 1. The van der Waals surface area contributed by atoms with E-state index in [2.05, 4.69) is 63.3 Å². The molecule has 1 saturated heterocycles. The van der Waals surface area contributed by atoms with Gasteiger partial charge in [0.1, 0.15) is 18.2 Å². The quantitative estimate of drug-likeness (QED) is 0.580. The molecule has 5 rings (SSSR count). The molecule has 3 aromatic rings. The van der Waals surface area contributed by atoms with Crippen LogP contribution < -0.4 is 14.5 Å². The van der Waals surface area contributed by atoms with Crippen molar-refractivity contribution in [2.75, 3.05) is 29.5 Å². The van der Waals surface area contributed by atoms with Gasteiger partial charge in [0.25, 0.3) is 0 Å². The Morgan fingerprint density at radius 1 is 0.933 bits per heavy atom. The molecular formula is C25H26ClN3O. The first-order valence-corrected chi connectivity index (χ1v) is 11.1. The predicted molar refractivity (Wildman–Crippen MR) is 123 cm³/mol. The lowest BCUT2D eigenvalue weighted by atomic mass is 9.95. The first-order chi connectivity index (χ1) is 14.8. The topological polar surface area (TPSA) is 28.6 Å². The first kappa shape index (κ1) is 19.3. The molecule has 0 saturated carbocycles. The van der Waals surface area contributed by atoms with Gasteiger partial charge >= 0.3 is 0 Å². The van der Waals surface area contributed by atoms with Crippen molar-refractivity contribution >= 4 is 23.1 Å². The summed E-state index contributed by atoms with van der Waals surface area (Å²) in [4.78, 5) is 9.56. The zero-order chi connectivity index (χ0) is 20.3. The van der Waals surface area contributed by atoms with Crippen LogP contribution in [0, 0.1) is 0 Å². The molecule has 1 aromatic heterocycles. The number of anilines is 2. The van der Waals surface area contributed by atoms with Gasteiger partial charge in [-0.25, -0.2) is 4.98 Å². The van der Waals surface area contributed by atoms with Crippen molar-refractivity contribution in [1.29, 1.82) is 0 Å². The number of hydrogen-bond donors (Lipinski definition) is 0. The molecule has 0 amide bonds. The number of piperidine rings is 1.